The quantitative estimate of drug-likeness (QED) is 0.518. The lowest BCUT2D eigenvalue weighted by Crippen LogP contribution is -1.80. The second-order valence-electron chi connectivity index (χ2n) is 3.25. The van der Waals surface area contributed by atoms with Gasteiger partial charge in [0.05, 0.1) is 0 Å². The van der Waals surface area contributed by atoms with Crippen LogP contribution in [-0.4, -0.2) is 0 Å². The average Bonchev–Trinajstić information content (AvgIpc) is 2.54. The highest BCUT2D eigenvalue weighted by Gasteiger charge is 1.93. The lowest BCUT2D eigenvalue weighted by molar-refractivity contribution is 1.09. The molecule has 0 aliphatic carbocycles. The third-order valence-electron chi connectivity index (χ3n) is 1.68. The van der Waals surface area contributed by atoms with Crippen molar-refractivity contribution < 1.29 is 0 Å². The number of hydrogen-bond acceptors (Lipinski definition) is 0. The summed E-state index contributed by atoms with van der Waals surface area (Å²) < 4.78 is 0. The van der Waals surface area contributed by atoms with Gasteiger partial charge in [-0.25, -0.2) is 0 Å². The van der Waals surface area contributed by atoms with Crippen molar-refractivity contribution in [3.8, 4) is 0 Å². The summed E-state index contributed by atoms with van der Waals surface area (Å²) in [5.41, 5.74) is 3.55. The molecule has 0 aromatic heterocycles. The second-order valence-corrected chi connectivity index (χ2v) is 3.25. The summed E-state index contributed by atoms with van der Waals surface area (Å²) in [7, 11) is 0. The zero-order chi connectivity index (χ0) is 17.0. The molecule has 0 heterocycles. The molecule has 0 aliphatic heterocycles. The Morgan fingerprint density at radius 3 is 1.45 bits per heavy atom. The molecule has 0 saturated heterocycles. The van der Waals surface area contributed by atoms with Gasteiger partial charge in [-0.2, -0.15) is 0 Å². The van der Waals surface area contributed by atoms with Gasteiger partial charge in [0, 0.05) is 0 Å². The van der Waals surface area contributed by atoms with Gasteiger partial charge in [-0.1, -0.05) is 111 Å². The van der Waals surface area contributed by atoms with Crippen LogP contribution in [0.15, 0.2) is 31.4 Å². The maximum atomic E-state index is 3.73. The van der Waals surface area contributed by atoms with Crippen LogP contribution in [0, 0.1) is 6.92 Å². The first-order chi connectivity index (χ1) is 9.69. The lowest BCUT2D eigenvalue weighted by Gasteiger charge is -2.00. The van der Waals surface area contributed by atoms with E-state index in [4.69, 9.17) is 0 Å². The van der Waals surface area contributed by atoms with Gasteiger partial charge in [0.1, 0.15) is 0 Å². The summed E-state index contributed by atoms with van der Waals surface area (Å²) in [4.78, 5) is 0. The third kappa shape index (κ3) is 16.7. The molecule has 1 aromatic rings. The van der Waals surface area contributed by atoms with Gasteiger partial charge in [0.25, 0.3) is 0 Å². The predicted molar refractivity (Wildman–Crippen MR) is 101 cm³/mol. The van der Waals surface area contributed by atoms with Crippen LogP contribution in [0.25, 0.3) is 12.2 Å². The monoisotopic (exact) mass is 278 g/mol. The van der Waals surface area contributed by atoms with Crippen LogP contribution in [0.3, 0.4) is 0 Å². The fraction of sp³-hybridized carbons (Fsp3) is 0.500. The standard InChI is InChI=1S/C11H12.C3H8.3C2H6/c1-4-10-7-6-9(3)8-11(10)5-2;1-3-2;3*1-2/h4-8H,1-2H2,3H3;3H2,1-2H3;3*1-2H3. The fourth-order valence-corrected chi connectivity index (χ4v) is 1.06. The van der Waals surface area contributed by atoms with Crippen molar-refractivity contribution in [3.63, 3.8) is 0 Å². The Bertz CT molecular complexity index is 295. The van der Waals surface area contributed by atoms with E-state index in [2.05, 4.69) is 52.1 Å². The molecule has 0 bridgehead atoms. The normalized spacial score (nSPS) is 6.85. The maximum Gasteiger partial charge on any atom is -0.0187 e. The Labute approximate surface area is 129 Å². The molecule has 118 valence electrons. The van der Waals surface area contributed by atoms with E-state index in [0.717, 1.165) is 11.1 Å². The summed E-state index contributed by atoms with van der Waals surface area (Å²) in [6.45, 7) is 25.8. The van der Waals surface area contributed by atoms with E-state index in [-0.39, 0.29) is 0 Å². The molecule has 0 N–H and O–H groups in total. The number of aryl methyl sites for hydroxylation is 1. The lowest BCUT2D eigenvalue weighted by atomic mass is 10.0. The Hall–Kier alpha value is -1.30. The molecule has 0 fully saturated rings. The maximum absolute atomic E-state index is 3.73. The Kier molecular flexibility index (Phi) is 35.7. The van der Waals surface area contributed by atoms with Crippen LogP contribution in [0.1, 0.15) is 78.5 Å². The molecule has 0 spiro atoms. The summed E-state index contributed by atoms with van der Waals surface area (Å²) in [6, 6.07) is 6.23. The minimum atomic E-state index is 1.14. The zero-order valence-electron chi connectivity index (χ0n) is 15.5. The molecule has 0 atom stereocenters. The van der Waals surface area contributed by atoms with Crippen LogP contribution in [-0.2, 0) is 0 Å². The van der Waals surface area contributed by atoms with Crippen LogP contribution in [0.4, 0.5) is 0 Å². The van der Waals surface area contributed by atoms with Crippen molar-refractivity contribution >= 4 is 12.2 Å². The van der Waals surface area contributed by atoms with E-state index in [0.29, 0.717) is 0 Å². The predicted octanol–water partition coefficient (Wildman–Crippen LogP) is 7.78. The fourth-order valence-electron chi connectivity index (χ4n) is 1.06. The van der Waals surface area contributed by atoms with Crippen molar-refractivity contribution in [2.45, 2.75) is 68.7 Å². The Balaban J connectivity index is -0.000000121. The van der Waals surface area contributed by atoms with E-state index in [1.807, 2.05) is 53.7 Å². The third-order valence-corrected chi connectivity index (χ3v) is 1.68. The van der Waals surface area contributed by atoms with Gasteiger partial charge in [0.2, 0.25) is 0 Å². The molecule has 0 saturated carbocycles. The second kappa shape index (κ2) is 26.3. The molecule has 0 radical (unpaired) electrons. The molecule has 1 rings (SSSR count). The molecule has 0 amide bonds. The first-order valence-corrected chi connectivity index (χ1v) is 8.05. The van der Waals surface area contributed by atoms with Crippen LogP contribution >= 0.6 is 0 Å². The first-order valence-electron chi connectivity index (χ1n) is 8.05. The smallest absolute Gasteiger partial charge is 0.0187 e. The van der Waals surface area contributed by atoms with Crippen LogP contribution in [0.2, 0.25) is 0 Å². The summed E-state index contributed by atoms with van der Waals surface area (Å²) in [5.74, 6) is 0. The molecule has 0 unspecified atom stereocenters. The van der Waals surface area contributed by atoms with Crippen molar-refractivity contribution in [2.75, 3.05) is 0 Å². The van der Waals surface area contributed by atoms with Crippen LogP contribution in [0.5, 0.6) is 0 Å². The number of hydrogen-bond donors (Lipinski definition) is 0. The Morgan fingerprint density at radius 1 is 0.800 bits per heavy atom. The van der Waals surface area contributed by atoms with E-state index < -0.39 is 0 Å². The molecule has 20 heavy (non-hydrogen) atoms. The molecule has 0 nitrogen and oxygen atoms in total. The van der Waals surface area contributed by atoms with Gasteiger partial charge >= 0.3 is 0 Å². The van der Waals surface area contributed by atoms with E-state index in [1.165, 1.54) is 12.0 Å². The van der Waals surface area contributed by atoms with Crippen molar-refractivity contribution in [1.29, 1.82) is 0 Å². The SMILES string of the molecule is C=Cc1ccc(C)cc1C=C.CC.CC.CC.CCC. The first kappa shape index (κ1) is 27.1. The summed E-state index contributed by atoms with van der Waals surface area (Å²) in [5, 5.41) is 0. The molecule has 0 aliphatic rings. The topological polar surface area (TPSA) is 0 Å². The van der Waals surface area contributed by atoms with Gasteiger partial charge in [-0.3, -0.25) is 0 Å². The molecular weight excluding hydrogens is 240 g/mol. The number of rotatable bonds is 2. The Morgan fingerprint density at radius 2 is 1.15 bits per heavy atom. The summed E-state index contributed by atoms with van der Waals surface area (Å²) >= 11 is 0. The number of benzene rings is 1. The molecule has 0 heteroatoms. The van der Waals surface area contributed by atoms with E-state index >= 15 is 0 Å². The van der Waals surface area contributed by atoms with E-state index in [1.54, 1.807) is 0 Å². The minimum absolute atomic E-state index is 1.14. The largest absolute Gasteiger partial charge is 0.0984 e. The highest BCUT2D eigenvalue weighted by Crippen LogP contribution is 2.13. The minimum Gasteiger partial charge on any atom is -0.0984 e. The van der Waals surface area contributed by atoms with Gasteiger partial charge in [0.15, 0.2) is 0 Å². The zero-order valence-corrected chi connectivity index (χ0v) is 15.5. The molecular formula is C20H38. The van der Waals surface area contributed by atoms with Crippen molar-refractivity contribution in [3.05, 3.63) is 48.0 Å². The van der Waals surface area contributed by atoms with Gasteiger partial charge in [-0.15, -0.1) is 0 Å². The van der Waals surface area contributed by atoms with E-state index in [9.17, 15) is 0 Å². The molecule has 1 aromatic carbocycles. The average molecular weight is 279 g/mol. The van der Waals surface area contributed by atoms with Gasteiger partial charge < -0.3 is 0 Å². The highest BCUT2D eigenvalue weighted by atomic mass is 14.0. The summed E-state index contributed by atoms with van der Waals surface area (Å²) in [6.07, 6.45) is 4.94. The highest BCUT2D eigenvalue weighted by molar-refractivity contribution is 5.64. The van der Waals surface area contributed by atoms with Crippen molar-refractivity contribution in [1.82, 2.24) is 0 Å². The van der Waals surface area contributed by atoms with Crippen molar-refractivity contribution in [2.24, 2.45) is 0 Å². The van der Waals surface area contributed by atoms with Crippen LogP contribution < -0.4 is 0 Å². The van der Waals surface area contributed by atoms with Gasteiger partial charge in [-0.05, 0) is 18.1 Å².